The highest BCUT2D eigenvalue weighted by Gasteiger charge is 2.22. The number of ketones is 1. The van der Waals surface area contributed by atoms with Gasteiger partial charge in [0.05, 0.1) is 0 Å². The summed E-state index contributed by atoms with van der Waals surface area (Å²) in [6, 6.07) is 5.59. The number of carbonyl (C=O) groups excluding carboxylic acids is 2. The number of Topliss-reactive ketones (excluding diaryl/α,β-unsaturated/α-hetero) is 1. The minimum absolute atomic E-state index is 0. The summed E-state index contributed by atoms with van der Waals surface area (Å²) in [4.78, 5) is 23.8. The van der Waals surface area contributed by atoms with E-state index in [1.165, 1.54) is 24.3 Å². The molecule has 2 N–H and O–H groups in total. The number of halogens is 2. The average molecular weight is 329 g/mol. The van der Waals surface area contributed by atoms with Gasteiger partial charge < -0.3 is 10.6 Å². The van der Waals surface area contributed by atoms with Gasteiger partial charge >= 0.3 is 0 Å². The smallest absolute Gasteiger partial charge is 0.220 e. The molecule has 6 heteroatoms. The van der Waals surface area contributed by atoms with Crippen molar-refractivity contribution in [2.45, 2.75) is 32.2 Å². The van der Waals surface area contributed by atoms with Crippen molar-refractivity contribution in [3.8, 4) is 0 Å². The number of carbonyl (C=O) groups is 2. The fourth-order valence-electron chi connectivity index (χ4n) is 2.51. The summed E-state index contributed by atoms with van der Waals surface area (Å²) >= 11 is 0. The molecule has 2 rings (SSSR count). The van der Waals surface area contributed by atoms with E-state index in [9.17, 15) is 14.0 Å². The molecule has 4 nitrogen and oxygen atoms in total. The Morgan fingerprint density at radius 1 is 1.27 bits per heavy atom. The van der Waals surface area contributed by atoms with Crippen LogP contribution in [-0.2, 0) is 4.79 Å². The number of amides is 1. The van der Waals surface area contributed by atoms with Crippen molar-refractivity contribution in [1.29, 1.82) is 0 Å². The fraction of sp³-hybridized carbons (Fsp3) is 0.500. The molecule has 1 aromatic rings. The largest absolute Gasteiger partial charge is 0.353 e. The number of hydrogen-bond donors (Lipinski definition) is 2. The molecule has 1 aromatic carbocycles. The second-order valence-corrected chi connectivity index (χ2v) is 5.57. The molecule has 0 aromatic heterocycles. The lowest BCUT2D eigenvalue weighted by Gasteiger charge is -2.30. The molecular weight excluding hydrogens is 307 g/mol. The SMILES string of the molecule is CC1CNCCC1NC(=O)CCC(=O)c1ccc(F)cc1.Cl. The Bertz CT molecular complexity index is 507. The first-order valence-corrected chi connectivity index (χ1v) is 7.35. The van der Waals surface area contributed by atoms with Crippen LogP contribution in [0.15, 0.2) is 24.3 Å². The molecule has 22 heavy (non-hydrogen) atoms. The maximum Gasteiger partial charge on any atom is 0.220 e. The van der Waals surface area contributed by atoms with E-state index in [-0.39, 0.29) is 48.8 Å². The van der Waals surface area contributed by atoms with Crippen LogP contribution in [0.1, 0.15) is 36.5 Å². The van der Waals surface area contributed by atoms with Gasteiger partial charge in [-0.15, -0.1) is 12.4 Å². The van der Waals surface area contributed by atoms with Gasteiger partial charge in [-0.2, -0.15) is 0 Å². The van der Waals surface area contributed by atoms with Crippen molar-refractivity contribution in [3.05, 3.63) is 35.6 Å². The minimum atomic E-state index is -0.371. The maximum atomic E-state index is 12.8. The van der Waals surface area contributed by atoms with Gasteiger partial charge in [-0.3, -0.25) is 9.59 Å². The quantitative estimate of drug-likeness (QED) is 0.816. The molecule has 1 aliphatic heterocycles. The Kier molecular flexibility index (Phi) is 7.48. The molecule has 1 heterocycles. The topological polar surface area (TPSA) is 58.2 Å². The lowest BCUT2D eigenvalue weighted by atomic mass is 9.95. The molecule has 1 aliphatic rings. The van der Waals surface area contributed by atoms with Crippen LogP contribution in [0.2, 0.25) is 0 Å². The van der Waals surface area contributed by atoms with Crippen molar-refractivity contribution < 1.29 is 14.0 Å². The molecule has 122 valence electrons. The van der Waals surface area contributed by atoms with E-state index in [1.54, 1.807) is 0 Å². The second kappa shape index (κ2) is 8.86. The molecule has 1 amide bonds. The van der Waals surface area contributed by atoms with Crippen molar-refractivity contribution >= 4 is 24.1 Å². The van der Waals surface area contributed by atoms with Crippen LogP contribution in [0, 0.1) is 11.7 Å². The summed E-state index contributed by atoms with van der Waals surface area (Å²) in [5.74, 6) is -0.201. The van der Waals surface area contributed by atoms with E-state index in [0.717, 1.165) is 19.5 Å². The third-order valence-corrected chi connectivity index (χ3v) is 3.88. The molecular formula is C16H22ClFN2O2. The Balaban J connectivity index is 0.00000242. The molecule has 0 saturated carbocycles. The Labute approximate surface area is 136 Å². The molecule has 0 bridgehead atoms. The summed E-state index contributed by atoms with van der Waals surface area (Å²) in [7, 11) is 0. The van der Waals surface area contributed by atoms with Crippen LogP contribution in [-0.4, -0.2) is 30.8 Å². The van der Waals surface area contributed by atoms with E-state index in [2.05, 4.69) is 17.6 Å². The highest BCUT2D eigenvalue weighted by molar-refractivity contribution is 5.97. The summed E-state index contributed by atoms with van der Waals surface area (Å²) in [5.41, 5.74) is 0.444. The van der Waals surface area contributed by atoms with Gasteiger partial charge in [0.2, 0.25) is 5.91 Å². The van der Waals surface area contributed by atoms with E-state index in [4.69, 9.17) is 0 Å². The third kappa shape index (κ3) is 5.39. The standard InChI is InChI=1S/C16H21FN2O2.ClH/c1-11-10-18-9-8-14(11)19-16(21)7-6-15(20)12-2-4-13(17)5-3-12;/h2-5,11,14,18H,6-10H2,1H3,(H,19,21);1H. The molecule has 2 unspecified atom stereocenters. The molecule has 1 saturated heterocycles. The number of hydrogen-bond acceptors (Lipinski definition) is 3. The number of piperidine rings is 1. The second-order valence-electron chi connectivity index (χ2n) is 5.57. The predicted molar refractivity (Wildman–Crippen MR) is 85.8 cm³/mol. The first-order chi connectivity index (χ1) is 10.1. The van der Waals surface area contributed by atoms with Gasteiger partial charge in [-0.25, -0.2) is 4.39 Å². The lowest BCUT2D eigenvalue weighted by Crippen LogP contribution is -2.48. The predicted octanol–water partition coefficient (Wildman–Crippen LogP) is 2.32. The van der Waals surface area contributed by atoms with Crippen LogP contribution in [0.3, 0.4) is 0 Å². The number of rotatable bonds is 5. The summed E-state index contributed by atoms with van der Waals surface area (Å²) in [6.45, 7) is 3.91. The molecule has 0 radical (unpaired) electrons. The zero-order valence-electron chi connectivity index (χ0n) is 12.6. The van der Waals surface area contributed by atoms with Crippen LogP contribution in [0.5, 0.6) is 0 Å². The van der Waals surface area contributed by atoms with E-state index in [0.29, 0.717) is 11.5 Å². The highest BCUT2D eigenvalue weighted by Crippen LogP contribution is 2.11. The zero-order chi connectivity index (χ0) is 15.2. The molecule has 0 spiro atoms. The van der Waals surface area contributed by atoms with Crippen LogP contribution < -0.4 is 10.6 Å². The van der Waals surface area contributed by atoms with Gasteiger partial charge in [-0.1, -0.05) is 6.92 Å². The summed E-state index contributed by atoms with van der Waals surface area (Å²) in [6.07, 6.45) is 1.24. The van der Waals surface area contributed by atoms with Crippen LogP contribution in [0.25, 0.3) is 0 Å². The number of nitrogens with one attached hydrogen (secondary N) is 2. The van der Waals surface area contributed by atoms with E-state index >= 15 is 0 Å². The monoisotopic (exact) mass is 328 g/mol. The Morgan fingerprint density at radius 3 is 2.59 bits per heavy atom. The van der Waals surface area contributed by atoms with Crippen molar-refractivity contribution in [2.75, 3.05) is 13.1 Å². The van der Waals surface area contributed by atoms with Crippen molar-refractivity contribution in [1.82, 2.24) is 10.6 Å². The van der Waals surface area contributed by atoms with Gasteiger partial charge in [-0.05, 0) is 49.7 Å². The normalized spacial score (nSPS) is 20.8. The first-order valence-electron chi connectivity index (χ1n) is 7.35. The van der Waals surface area contributed by atoms with Crippen LogP contribution in [0.4, 0.5) is 4.39 Å². The number of benzene rings is 1. The molecule has 0 aliphatic carbocycles. The van der Waals surface area contributed by atoms with E-state index in [1.807, 2.05) is 0 Å². The van der Waals surface area contributed by atoms with Gasteiger partial charge in [0.15, 0.2) is 5.78 Å². The highest BCUT2D eigenvalue weighted by atomic mass is 35.5. The molecule has 1 fully saturated rings. The lowest BCUT2D eigenvalue weighted by molar-refractivity contribution is -0.122. The third-order valence-electron chi connectivity index (χ3n) is 3.88. The average Bonchev–Trinajstić information content (AvgIpc) is 2.48. The van der Waals surface area contributed by atoms with Gasteiger partial charge in [0, 0.05) is 24.4 Å². The zero-order valence-corrected chi connectivity index (χ0v) is 13.4. The fourth-order valence-corrected chi connectivity index (χ4v) is 2.51. The summed E-state index contributed by atoms with van der Waals surface area (Å²) < 4.78 is 12.8. The Hall–Kier alpha value is -1.46. The van der Waals surface area contributed by atoms with Gasteiger partial charge in [0.25, 0.3) is 0 Å². The maximum absolute atomic E-state index is 12.8. The minimum Gasteiger partial charge on any atom is -0.353 e. The van der Waals surface area contributed by atoms with Crippen molar-refractivity contribution in [3.63, 3.8) is 0 Å². The van der Waals surface area contributed by atoms with Crippen molar-refractivity contribution in [2.24, 2.45) is 5.92 Å². The van der Waals surface area contributed by atoms with Crippen LogP contribution >= 0.6 is 12.4 Å². The van der Waals surface area contributed by atoms with E-state index < -0.39 is 0 Å². The van der Waals surface area contributed by atoms with Gasteiger partial charge in [0.1, 0.15) is 5.82 Å². The summed E-state index contributed by atoms with van der Waals surface area (Å²) in [5, 5.41) is 6.27. The first kappa shape index (κ1) is 18.6. The molecule has 2 atom stereocenters. The Morgan fingerprint density at radius 2 is 1.95 bits per heavy atom.